The Balaban J connectivity index is 1.46. The fraction of sp³-hybridized carbons (Fsp3) is 0.448. The largest absolute Gasteiger partial charge is 0.348 e. The van der Waals surface area contributed by atoms with Crippen molar-refractivity contribution in [2.75, 3.05) is 0 Å². The molecular formula is C29H37N3O. The zero-order chi connectivity index (χ0) is 23.4. The van der Waals surface area contributed by atoms with E-state index in [0.717, 1.165) is 24.9 Å². The van der Waals surface area contributed by atoms with Gasteiger partial charge >= 0.3 is 0 Å². The summed E-state index contributed by atoms with van der Waals surface area (Å²) in [6.45, 7) is 9.10. The van der Waals surface area contributed by atoms with Gasteiger partial charge in [0.1, 0.15) is 5.69 Å². The van der Waals surface area contributed by atoms with Crippen molar-refractivity contribution in [3.8, 4) is 16.8 Å². The van der Waals surface area contributed by atoms with Crippen LogP contribution in [0.2, 0.25) is 0 Å². The summed E-state index contributed by atoms with van der Waals surface area (Å²) in [4.78, 5) is 17.4. The smallest absolute Gasteiger partial charge is 0.270 e. The Bertz CT molecular complexity index is 1060. The highest BCUT2D eigenvalue weighted by Crippen LogP contribution is 2.38. The zero-order valence-electron chi connectivity index (χ0n) is 20.5. The van der Waals surface area contributed by atoms with Crippen molar-refractivity contribution in [2.24, 2.45) is 11.3 Å². The van der Waals surface area contributed by atoms with Crippen LogP contribution in [0.15, 0.2) is 61.1 Å². The summed E-state index contributed by atoms with van der Waals surface area (Å²) >= 11 is 0. The van der Waals surface area contributed by atoms with Gasteiger partial charge in [-0.3, -0.25) is 9.36 Å². The maximum absolute atomic E-state index is 13.1. The Hall–Kier alpha value is -2.88. The van der Waals surface area contributed by atoms with Gasteiger partial charge in [0, 0.05) is 11.7 Å². The van der Waals surface area contributed by atoms with E-state index in [1.807, 2.05) is 4.57 Å². The molecule has 1 amide bonds. The molecule has 174 valence electrons. The van der Waals surface area contributed by atoms with Gasteiger partial charge in [0.25, 0.3) is 5.91 Å². The number of imidazole rings is 1. The van der Waals surface area contributed by atoms with Crippen LogP contribution >= 0.6 is 0 Å². The molecule has 1 aliphatic rings. The van der Waals surface area contributed by atoms with Gasteiger partial charge in [0.15, 0.2) is 0 Å². The number of hydrogen-bond donors (Lipinski definition) is 1. The van der Waals surface area contributed by atoms with Crippen molar-refractivity contribution in [2.45, 2.75) is 72.3 Å². The summed E-state index contributed by atoms with van der Waals surface area (Å²) in [5.41, 5.74) is 5.56. The third-order valence-electron chi connectivity index (χ3n) is 6.85. The van der Waals surface area contributed by atoms with Crippen LogP contribution in [0.5, 0.6) is 0 Å². The molecule has 2 aromatic carbocycles. The molecule has 4 nitrogen and oxygen atoms in total. The first kappa shape index (κ1) is 23.3. The van der Waals surface area contributed by atoms with Gasteiger partial charge in [-0.05, 0) is 72.3 Å². The highest BCUT2D eigenvalue weighted by atomic mass is 16.2. The molecule has 4 rings (SSSR count). The van der Waals surface area contributed by atoms with Gasteiger partial charge in [-0.2, -0.15) is 0 Å². The Kier molecular flexibility index (Phi) is 7.02. The molecule has 1 N–H and O–H groups in total. The van der Waals surface area contributed by atoms with E-state index in [2.05, 4.69) is 86.5 Å². The number of rotatable bonds is 7. The predicted octanol–water partition coefficient (Wildman–Crippen LogP) is 6.83. The Labute approximate surface area is 198 Å². The second kappa shape index (κ2) is 9.94. The molecule has 1 saturated carbocycles. The molecule has 0 saturated heterocycles. The molecule has 0 spiro atoms. The molecule has 1 fully saturated rings. The SMILES string of the molecule is CCCCc1ccc(-c2ccc(-n3cncc3C(=O)N[C@@H]3C[C@H](C)CC(C)(C)C3)cc2)cc1. The summed E-state index contributed by atoms with van der Waals surface area (Å²) in [6, 6.07) is 17.4. The number of amides is 1. The first-order valence-corrected chi connectivity index (χ1v) is 12.4. The zero-order valence-corrected chi connectivity index (χ0v) is 20.5. The van der Waals surface area contributed by atoms with Gasteiger partial charge in [0.2, 0.25) is 0 Å². The highest BCUT2D eigenvalue weighted by molar-refractivity contribution is 5.93. The Morgan fingerprint density at radius 3 is 2.36 bits per heavy atom. The van der Waals surface area contributed by atoms with Gasteiger partial charge in [-0.15, -0.1) is 0 Å². The van der Waals surface area contributed by atoms with E-state index in [1.165, 1.54) is 36.0 Å². The van der Waals surface area contributed by atoms with E-state index in [0.29, 0.717) is 11.6 Å². The van der Waals surface area contributed by atoms with Gasteiger partial charge in [0.05, 0.1) is 12.5 Å². The normalized spacial score (nSPS) is 19.9. The third kappa shape index (κ3) is 5.73. The third-order valence-corrected chi connectivity index (χ3v) is 6.85. The van der Waals surface area contributed by atoms with Gasteiger partial charge < -0.3 is 5.32 Å². The summed E-state index contributed by atoms with van der Waals surface area (Å²) in [6.07, 6.45) is 10.2. The van der Waals surface area contributed by atoms with Crippen LogP contribution in [-0.2, 0) is 6.42 Å². The van der Waals surface area contributed by atoms with Crippen LogP contribution < -0.4 is 5.32 Å². The monoisotopic (exact) mass is 443 g/mol. The van der Waals surface area contributed by atoms with Gasteiger partial charge in [-0.1, -0.05) is 70.5 Å². The average molecular weight is 444 g/mol. The molecule has 2 atom stereocenters. The van der Waals surface area contributed by atoms with E-state index in [9.17, 15) is 4.79 Å². The Morgan fingerprint density at radius 1 is 1.06 bits per heavy atom. The number of hydrogen-bond acceptors (Lipinski definition) is 2. The van der Waals surface area contributed by atoms with Crippen molar-refractivity contribution in [3.63, 3.8) is 0 Å². The lowest BCUT2D eigenvalue weighted by atomic mass is 9.70. The summed E-state index contributed by atoms with van der Waals surface area (Å²) < 4.78 is 1.88. The van der Waals surface area contributed by atoms with E-state index in [-0.39, 0.29) is 17.4 Å². The molecule has 3 aromatic rings. The van der Waals surface area contributed by atoms with Crippen molar-refractivity contribution in [1.29, 1.82) is 0 Å². The molecule has 1 aliphatic carbocycles. The van der Waals surface area contributed by atoms with Crippen LogP contribution in [0.3, 0.4) is 0 Å². The number of aryl methyl sites for hydroxylation is 1. The minimum absolute atomic E-state index is 0.0471. The lowest BCUT2D eigenvalue weighted by Crippen LogP contribution is -2.43. The molecule has 4 heteroatoms. The quantitative estimate of drug-likeness (QED) is 0.435. The second-order valence-corrected chi connectivity index (χ2v) is 10.6. The summed E-state index contributed by atoms with van der Waals surface area (Å²) in [7, 11) is 0. The number of carbonyl (C=O) groups excluding carboxylic acids is 1. The fourth-order valence-corrected chi connectivity index (χ4v) is 5.44. The topological polar surface area (TPSA) is 46.9 Å². The fourth-order valence-electron chi connectivity index (χ4n) is 5.44. The predicted molar refractivity (Wildman–Crippen MR) is 136 cm³/mol. The number of carbonyl (C=O) groups is 1. The summed E-state index contributed by atoms with van der Waals surface area (Å²) in [5.74, 6) is 0.575. The van der Waals surface area contributed by atoms with Crippen LogP contribution in [0, 0.1) is 11.3 Å². The van der Waals surface area contributed by atoms with Crippen LogP contribution in [0.1, 0.15) is 75.9 Å². The van der Waals surface area contributed by atoms with E-state index in [1.54, 1.807) is 12.5 Å². The number of aromatic nitrogens is 2. The van der Waals surface area contributed by atoms with Crippen LogP contribution in [0.25, 0.3) is 16.8 Å². The second-order valence-electron chi connectivity index (χ2n) is 10.6. The molecule has 0 radical (unpaired) electrons. The van der Waals surface area contributed by atoms with E-state index >= 15 is 0 Å². The van der Waals surface area contributed by atoms with E-state index < -0.39 is 0 Å². The maximum Gasteiger partial charge on any atom is 0.270 e. The summed E-state index contributed by atoms with van der Waals surface area (Å²) in [5, 5.41) is 3.27. The highest BCUT2D eigenvalue weighted by Gasteiger charge is 2.33. The minimum atomic E-state index is -0.0471. The van der Waals surface area contributed by atoms with Crippen molar-refractivity contribution < 1.29 is 4.79 Å². The van der Waals surface area contributed by atoms with Crippen molar-refractivity contribution in [1.82, 2.24) is 14.9 Å². The average Bonchev–Trinajstić information content (AvgIpc) is 3.27. The molecule has 1 aromatic heterocycles. The van der Waals surface area contributed by atoms with E-state index in [4.69, 9.17) is 0 Å². The van der Waals surface area contributed by atoms with Crippen molar-refractivity contribution >= 4 is 5.91 Å². The minimum Gasteiger partial charge on any atom is -0.348 e. The standard InChI is InChI=1S/C29H37N3O/c1-5-6-7-22-8-10-23(11-9-22)24-12-14-26(15-13-24)32-20-30-19-27(32)28(33)31-25-16-21(2)17-29(3,4)18-25/h8-15,19-21,25H,5-7,16-18H2,1-4H3,(H,31,33)/t21-,25+/m0/s1. The first-order chi connectivity index (χ1) is 15.8. The van der Waals surface area contributed by atoms with Crippen LogP contribution in [-0.4, -0.2) is 21.5 Å². The number of nitrogens with one attached hydrogen (secondary N) is 1. The number of benzene rings is 2. The Morgan fingerprint density at radius 2 is 1.73 bits per heavy atom. The molecule has 1 heterocycles. The molecule has 33 heavy (non-hydrogen) atoms. The number of unbranched alkanes of at least 4 members (excludes halogenated alkanes) is 1. The molecule has 0 unspecified atom stereocenters. The lowest BCUT2D eigenvalue weighted by Gasteiger charge is -2.39. The maximum atomic E-state index is 13.1. The van der Waals surface area contributed by atoms with Gasteiger partial charge in [-0.25, -0.2) is 4.98 Å². The lowest BCUT2D eigenvalue weighted by molar-refractivity contribution is 0.0867. The van der Waals surface area contributed by atoms with Crippen molar-refractivity contribution in [3.05, 3.63) is 72.3 Å². The first-order valence-electron chi connectivity index (χ1n) is 12.4. The molecule has 0 aliphatic heterocycles. The molecule has 0 bridgehead atoms. The van der Waals surface area contributed by atoms with Crippen LogP contribution in [0.4, 0.5) is 0 Å². The molecular weight excluding hydrogens is 406 g/mol. The number of nitrogens with zero attached hydrogens (tertiary/aromatic N) is 2.